The van der Waals surface area contributed by atoms with Crippen molar-refractivity contribution in [1.29, 1.82) is 0 Å². The monoisotopic (exact) mass is 348 g/mol. The second-order valence-corrected chi connectivity index (χ2v) is 4.92. The van der Waals surface area contributed by atoms with E-state index >= 15 is 0 Å². The van der Waals surface area contributed by atoms with E-state index in [1.807, 2.05) is 5.32 Å². The van der Waals surface area contributed by atoms with E-state index in [0.717, 1.165) is 25.3 Å². The molecule has 130 valence electrons. The predicted molar refractivity (Wildman–Crippen MR) is 84.3 cm³/mol. The van der Waals surface area contributed by atoms with Crippen LogP contribution in [-0.2, 0) is 19.1 Å². The van der Waals surface area contributed by atoms with Gasteiger partial charge in [0, 0.05) is 11.3 Å². The Hall–Kier alpha value is -3.29. The van der Waals surface area contributed by atoms with Gasteiger partial charge >= 0.3 is 17.8 Å². The highest BCUT2D eigenvalue weighted by Crippen LogP contribution is 2.20. The summed E-state index contributed by atoms with van der Waals surface area (Å²) < 4.78 is 31.7. The number of rotatable bonds is 4. The zero-order valence-corrected chi connectivity index (χ0v) is 13.1. The van der Waals surface area contributed by atoms with Gasteiger partial charge in [0.25, 0.3) is 0 Å². The van der Waals surface area contributed by atoms with E-state index in [1.165, 1.54) is 0 Å². The number of esters is 1. The van der Waals surface area contributed by atoms with E-state index < -0.39 is 41.0 Å². The topological polar surface area (TPSA) is 84.5 Å². The molecule has 2 aromatic rings. The molecule has 1 atom stereocenters. The third-order valence-corrected chi connectivity index (χ3v) is 3.22. The molecule has 25 heavy (non-hydrogen) atoms. The van der Waals surface area contributed by atoms with Gasteiger partial charge in [-0.15, -0.1) is 0 Å². The highest BCUT2D eigenvalue weighted by Gasteiger charge is 2.29. The summed E-state index contributed by atoms with van der Waals surface area (Å²) in [7, 11) is 1.02. The SMILES string of the molecule is COC(=O)C(NC(=O)C(=O)Nc1ccccc1)c1cc(F)ccc1F. The van der Waals surface area contributed by atoms with Gasteiger partial charge in [-0.05, 0) is 30.3 Å². The van der Waals surface area contributed by atoms with Gasteiger partial charge < -0.3 is 15.4 Å². The molecule has 0 saturated heterocycles. The zero-order chi connectivity index (χ0) is 18.4. The zero-order valence-electron chi connectivity index (χ0n) is 13.1. The molecular weight excluding hydrogens is 334 g/mol. The van der Waals surface area contributed by atoms with Gasteiger partial charge in [0.2, 0.25) is 0 Å². The van der Waals surface area contributed by atoms with Crippen LogP contribution < -0.4 is 10.6 Å². The number of hydrogen-bond acceptors (Lipinski definition) is 4. The second-order valence-electron chi connectivity index (χ2n) is 4.92. The van der Waals surface area contributed by atoms with Crippen molar-refractivity contribution in [2.75, 3.05) is 12.4 Å². The standard InChI is InChI=1S/C17H14F2N2O4/c1-25-17(24)14(12-9-10(18)7-8-13(12)19)21-16(23)15(22)20-11-5-3-2-4-6-11/h2-9,14H,1H3,(H,20,22)(H,21,23). The van der Waals surface area contributed by atoms with Crippen molar-refractivity contribution in [2.45, 2.75) is 6.04 Å². The number of methoxy groups -OCH3 is 1. The quantitative estimate of drug-likeness (QED) is 0.653. The van der Waals surface area contributed by atoms with Gasteiger partial charge in [-0.25, -0.2) is 13.6 Å². The Morgan fingerprint density at radius 3 is 2.32 bits per heavy atom. The van der Waals surface area contributed by atoms with Gasteiger partial charge in [0.1, 0.15) is 11.6 Å². The molecule has 6 nitrogen and oxygen atoms in total. The van der Waals surface area contributed by atoms with Crippen molar-refractivity contribution in [1.82, 2.24) is 5.32 Å². The maximum absolute atomic E-state index is 13.9. The van der Waals surface area contributed by atoms with Crippen LogP contribution in [0.1, 0.15) is 11.6 Å². The van der Waals surface area contributed by atoms with Crippen LogP contribution in [0.4, 0.5) is 14.5 Å². The lowest BCUT2D eigenvalue weighted by atomic mass is 10.1. The average Bonchev–Trinajstić information content (AvgIpc) is 2.61. The van der Waals surface area contributed by atoms with E-state index in [1.54, 1.807) is 30.3 Å². The fraction of sp³-hybridized carbons (Fsp3) is 0.118. The van der Waals surface area contributed by atoms with E-state index in [0.29, 0.717) is 5.69 Å². The third kappa shape index (κ3) is 4.60. The molecule has 0 fully saturated rings. The summed E-state index contributed by atoms with van der Waals surface area (Å²) in [4.78, 5) is 35.7. The Morgan fingerprint density at radius 2 is 1.68 bits per heavy atom. The van der Waals surface area contributed by atoms with Crippen molar-refractivity contribution >= 4 is 23.5 Å². The number of ether oxygens (including phenoxy) is 1. The predicted octanol–water partition coefficient (Wildman–Crippen LogP) is 1.93. The molecule has 0 aliphatic carbocycles. The third-order valence-electron chi connectivity index (χ3n) is 3.22. The molecule has 0 aliphatic heterocycles. The van der Waals surface area contributed by atoms with Crippen LogP contribution in [-0.4, -0.2) is 24.9 Å². The van der Waals surface area contributed by atoms with Crippen LogP contribution in [0.25, 0.3) is 0 Å². The number of hydrogen-bond donors (Lipinski definition) is 2. The minimum absolute atomic E-state index is 0.356. The molecule has 0 saturated carbocycles. The molecule has 0 bridgehead atoms. The lowest BCUT2D eigenvalue weighted by Crippen LogP contribution is -2.41. The first-order valence-electron chi connectivity index (χ1n) is 7.12. The Balaban J connectivity index is 2.19. The Labute approximate surface area is 141 Å². The molecule has 0 heterocycles. The molecule has 2 rings (SSSR count). The Morgan fingerprint density at radius 1 is 1.00 bits per heavy atom. The summed E-state index contributed by atoms with van der Waals surface area (Å²) >= 11 is 0. The molecule has 0 spiro atoms. The number of halogens is 2. The molecule has 8 heteroatoms. The summed E-state index contributed by atoms with van der Waals surface area (Å²) in [6.45, 7) is 0. The maximum atomic E-state index is 13.9. The summed E-state index contributed by atoms with van der Waals surface area (Å²) in [5, 5.41) is 4.35. The summed E-state index contributed by atoms with van der Waals surface area (Å²) in [6.07, 6.45) is 0. The van der Waals surface area contributed by atoms with Crippen molar-refractivity contribution < 1.29 is 27.9 Å². The van der Waals surface area contributed by atoms with Crippen LogP contribution >= 0.6 is 0 Å². The summed E-state index contributed by atoms with van der Waals surface area (Å²) in [6, 6.07) is 8.84. The van der Waals surface area contributed by atoms with Gasteiger partial charge in [-0.2, -0.15) is 0 Å². The smallest absolute Gasteiger partial charge is 0.333 e. The number of para-hydroxylation sites is 1. The molecule has 2 aromatic carbocycles. The molecule has 0 radical (unpaired) electrons. The second kappa shape index (κ2) is 8.00. The number of carbonyl (C=O) groups is 3. The first-order chi connectivity index (χ1) is 11.9. The van der Waals surface area contributed by atoms with Crippen molar-refractivity contribution in [3.8, 4) is 0 Å². The lowest BCUT2D eigenvalue weighted by Gasteiger charge is -2.17. The first kappa shape index (κ1) is 18.1. The van der Waals surface area contributed by atoms with Gasteiger partial charge in [-0.1, -0.05) is 18.2 Å². The van der Waals surface area contributed by atoms with Gasteiger partial charge in [-0.3, -0.25) is 9.59 Å². The molecule has 1 unspecified atom stereocenters. The van der Waals surface area contributed by atoms with E-state index in [2.05, 4.69) is 10.1 Å². The number of carbonyl (C=O) groups excluding carboxylic acids is 3. The van der Waals surface area contributed by atoms with Gasteiger partial charge in [0.05, 0.1) is 7.11 Å². The highest BCUT2D eigenvalue weighted by molar-refractivity contribution is 6.40. The minimum atomic E-state index is -1.67. The summed E-state index contributed by atoms with van der Waals surface area (Å²) in [5.74, 6) is -5.07. The largest absolute Gasteiger partial charge is 0.467 e. The first-order valence-corrected chi connectivity index (χ1v) is 7.12. The Bertz CT molecular complexity index is 796. The molecule has 2 amide bonds. The molecular formula is C17H14F2N2O4. The normalized spacial score (nSPS) is 11.3. The number of nitrogens with one attached hydrogen (secondary N) is 2. The Kier molecular flexibility index (Phi) is 5.78. The van der Waals surface area contributed by atoms with Crippen LogP contribution in [0.3, 0.4) is 0 Å². The van der Waals surface area contributed by atoms with Crippen molar-refractivity contribution in [2.24, 2.45) is 0 Å². The number of amides is 2. The van der Waals surface area contributed by atoms with Crippen LogP contribution in [0.2, 0.25) is 0 Å². The van der Waals surface area contributed by atoms with Crippen molar-refractivity contribution in [3.05, 3.63) is 65.7 Å². The maximum Gasteiger partial charge on any atom is 0.333 e. The van der Waals surface area contributed by atoms with Crippen molar-refractivity contribution in [3.63, 3.8) is 0 Å². The lowest BCUT2D eigenvalue weighted by molar-refractivity contribution is -0.146. The van der Waals surface area contributed by atoms with Gasteiger partial charge in [0.15, 0.2) is 6.04 Å². The van der Waals surface area contributed by atoms with E-state index in [-0.39, 0.29) is 0 Å². The fourth-order valence-electron chi connectivity index (χ4n) is 2.02. The summed E-state index contributed by atoms with van der Waals surface area (Å²) in [5.41, 5.74) is -0.0954. The van der Waals surface area contributed by atoms with Crippen LogP contribution in [0.5, 0.6) is 0 Å². The van der Waals surface area contributed by atoms with E-state index in [9.17, 15) is 23.2 Å². The molecule has 0 aromatic heterocycles. The number of benzene rings is 2. The van der Waals surface area contributed by atoms with Crippen LogP contribution in [0, 0.1) is 11.6 Å². The number of anilines is 1. The fourth-order valence-corrected chi connectivity index (χ4v) is 2.02. The minimum Gasteiger partial charge on any atom is -0.467 e. The molecule has 0 aliphatic rings. The highest BCUT2D eigenvalue weighted by atomic mass is 19.1. The average molecular weight is 348 g/mol. The van der Waals surface area contributed by atoms with E-state index in [4.69, 9.17) is 0 Å². The molecule has 2 N–H and O–H groups in total. The van der Waals surface area contributed by atoms with Crippen LogP contribution in [0.15, 0.2) is 48.5 Å².